The van der Waals surface area contributed by atoms with Gasteiger partial charge in [-0.25, -0.2) is 0 Å². The molecule has 1 atom stereocenters. The van der Waals surface area contributed by atoms with Crippen LogP contribution >= 0.6 is 0 Å². The fourth-order valence-electron chi connectivity index (χ4n) is 2.70. The zero-order valence-electron chi connectivity index (χ0n) is 13.0. The molecule has 0 saturated heterocycles. The van der Waals surface area contributed by atoms with Crippen molar-refractivity contribution in [2.75, 3.05) is 18.6 Å². The van der Waals surface area contributed by atoms with Gasteiger partial charge in [-0.3, -0.25) is 9.59 Å². The van der Waals surface area contributed by atoms with Crippen LogP contribution < -0.4 is 4.90 Å². The van der Waals surface area contributed by atoms with E-state index < -0.39 is 0 Å². The number of nitrogens with zero attached hydrogens (tertiary/aromatic N) is 1. The van der Waals surface area contributed by atoms with Crippen molar-refractivity contribution in [3.8, 4) is 0 Å². The van der Waals surface area contributed by atoms with Crippen LogP contribution in [0.15, 0.2) is 24.3 Å². The molecule has 1 aliphatic rings. The van der Waals surface area contributed by atoms with Crippen LogP contribution in [0.1, 0.15) is 32.3 Å². The molecule has 2 rings (SSSR count). The lowest BCUT2D eigenvalue weighted by Gasteiger charge is -2.34. The van der Waals surface area contributed by atoms with Crippen LogP contribution in [0.5, 0.6) is 0 Å². The van der Waals surface area contributed by atoms with Crippen molar-refractivity contribution in [3.05, 3.63) is 29.8 Å². The van der Waals surface area contributed by atoms with E-state index in [1.165, 1.54) is 7.11 Å². The number of amides is 1. The first-order chi connectivity index (χ1) is 10.0. The Morgan fingerprint density at radius 3 is 2.76 bits per heavy atom. The van der Waals surface area contributed by atoms with Crippen LogP contribution in [-0.2, 0) is 20.7 Å². The Bertz CT molecular complexity index is 525. The van der Waals surface area contributed by atoms with Crippen LogP contribution in [-0.4, -0.2) is 25.5 Å². The summed E-state index contributed by atoms with van der Waals surface area (Å²) in [6.45, 7) is 4.99. The number of rotatable bonds is 5. The van der Waals surface area contributed by atoms with Crippen molar-refractivity contribution < 1.29 is 14.3 Å². The summed E-state index contributed by atoms with van der Waals surface area (Å²) in [5, 5.41) is 0. The lowest BCUT2D eigenvalue weighted by atomic mass is 9.89. The van der Waals surface area contributed by atoms with Gasteiger partial charge in [-0.1, -0.05) is 32.0 Å². The topological polar surface area (TPSA) is 46.6 Å². The Balaban J connectivity index is 2.24. The van der Waals surface area contributed by atoms with E-state index >= 15 is 0 Å². The van der Waals surface area contributed by atoms with E-state index in [0.29, 0.717) is 18.9 Å². The maximum atomic E-state index is 12.7. The minimum Gasteiger partial charge on any atom is -0.469 e. The second-order valence-corrected chi connectivity index (χ2v) is 5.98. The lowest BCUT2D eigenvalue weighted by Crippen LogP contribution is -2.43. The minimum atomic E-state index is -0.323. The van der Waals surface area contributed by atoms with Crippen LogP contribution in [0.25, 0.3) is 0 Å². The van der Waals surface area contributed by atoms with E-state index in [9.17, 15) is 9.59 Å². The molecule has 4 nitrogen and oxygen atoms in total. The molecule has 0 aromatic heterocycles. The average molecular weight is 289 g/mol. The molecule has 0 spiro atoms. The molecule has 0 N–H and O–H groups in total. The molecule has 1 aromatic carbocycles. The van der Waals surface area contributed by atoms with Gasteiger partial charge in [-0.15, -0.1) is 0 Å². The van der Waals surface area contributed by atoms with Crippen molar-refractivity contribution in [2.45, 2.75) is 33.1 Å². The van der Waals surface area contributed by atoms with Gasteiger partial charge in [0.15, 0.2) is 0 Å². The molecule has 0 saturated carbocycles. The number of para-hydroxylation sites is 1. The molecular weight excluding hydrogens is 266 g/mol. The molecule has 0 fully saturated rings. The van der Waals surface area contributed by atoms with Gasteiger partial charge in [0.05, 0.1) is 19.4 Å². The third-order valence-electron chi connectivity index (χ3n) is 3.93. The largest absolute Gasteiger partial charge is 0.469 e. The number of hydrogen-bond donors (Lipinski definition) is 0. The summed E-state index contributed by atoms with van der Waals surface area (Å²) in [4.78, 5) is 26.0. The third-order valence-corrected chi connectivity index (χ3v) is 3.93. The first kappa shape index (κ1) is 15.5. The quantitative estimate of drug-likeness (QED) is 0.783. The zero-order valence-corrected chi connectivity index (χ0v) is 13.0. The zero-order chi connectivity index (χ0) is 15.4. The van der Waals surface area contributed by atoms with Crippen molar-refractivity contribution in [2.24, 2.45) is 11.8 Å². The van der Waals surface area contributed by atoms with Gasteiger partial charge in [0.25, 0.3) is 0 Å². The number of fused-ring (bicyclic) bond motifs is 1. The summed E-state index contributed by atoms with van der Waals surface area (Å²) < 4.78 is 4.71. The summed E-state index contributed by atoms with van der Waals surface area (Å²) in [7, 11) is 1.36. The molecule has 1 unspecified atom stereocenters. The molecule has 21 heavy (non-hydrogen) atoms. The maximum Gasteiger partial charge on any atom is 0.306 e. The van der Waals surface area contributed by atoms with Crippen LogP contribution in [0.4, 0.5) is 5.69 Å². The summed E-state index contributed by atoms with van der Waals surface area (Å²) in [5.74, 6) is -0.0539. The summed E-state index contributed by atoms with van der Waals surface area (Å²) in [6, 6.07) is 7.95. The van der Waals surface area contributed by atoms with E-state index in [4.69, 9.17) is 4.74 Å². The highest BCUT2D eigenvalue weighted by Gasteiger charge is 2.33. The van der Waals surface area contributed by atoms with Gasteiger partial charge in [-0.2, -0.15) is 0 Å². The Kier molecular flexibility index (Phi) is 4.99. The van der Waals surface area contributed by atoms with Crippen LogP contribution in [0.3, 0.4) is 0 Å². The summed E-state index contributed by atoms with van der Waals surface area (Å²) in [5.41, 5.74) is 2.12. The summed E-state index contributed by atoms with van der Waals surface area (Å²) >= 11 is 0. The maximum absolute atomic E-state index is 12.7. The van der Waals surface area contributed by atoms with Gasteiger partial charge in [0.2, 0.25) is 5.91 Å². The number of ether oxygens (including phenoxy) is 1. The molecule has 0 aliphatic carbocycles. The highest BCUT2D eigenvalue weighted by Crippen LogP contribution is 2.32. The van der Waals surface area contributed by atoms with E-state index in [0.717, 1.165) is 17.7 Å². The normalized spacial score (nSPS) is 17.8. The smallest absolute Gasteiger partial charge is 0.306 e. The molecule has 1 aliphatic heterocycles. The van der Waals surface area contributed by atoms with Crippen LogP contribution in [0, 0.1) is 11.8 Å². The second-order valence-electron chi connectivity index (χ2n) is 5.98. The standard InChI is InChI=1S/C17H23NO3/c1-12(2)8-9-18-15-7-5-4-6-13(15)10-14(17(18)20)11-16(19)21-3/h4-7,12,14H,8-11H2,1-3H3. The molecule has 1 amide bonds. The second kappa shape index (κ2) is 6.74. The molecule has 0 bridgehead atoms. The number of hydrogen-bond acceptors (Lipinski definition) is 3. The van der Waals surface area contributed by atoms with Crippen molar-refractivity contribution in [3.63, 3.8) is 0 Å². The number of benzene rings is 1. The number of methoxy groups -OCH3 is 1. The Hall–Kier alpha value is -1.84. The van der Waals surface area contributed by atoms with Crippen molar-refractivity contribution in [1.82, 2.24) is 0 Å². The first-order valence-corrected chi connectivity index (χ1v) is 7.49. The molecule has 0 radical (unpaired) electrons. The minimum absolute atomic E-state index is 0.0414. The average Bonchev–Trinajstić information content (AvgIpc) is 2.47. The fraction of sp³-hybridized carbons (Fsp3) is 0.529. The molecule has 1 heterocycles. The van der Waals surface area contributed by atoms with E-state index in [1.807, 2.05) is 29.2 Å². The number of carbonyl (C=O) groups is 2. The van der Waals surface area contributed by atoms with Crippen molar-refractivity contribution >= 4 is 17.6 Å². The number of carbonyl (C=O) groups excluding carboxylic acids is 2. The number of anilines is 1. The van der Waals surface area contributed by atoms with E-state index in [2.05, 4.69) is 13.8 Å². The predicted molar refractivity (Wildman–Crippen MR) is 82.1 cm³/mol. The summed E-state index contributed by atoms with van der Waals surface area (Å²) in [6.07, 6.45) is 1.72. The Labute approximate surface area is 126 Å². The van der Waals surface area contributed by atoms with Gasteiger partial charge in [0, 0.05) is 12.2 Å². The molecule has 4 heteroatoms. The fourth-order valence-corrected chi connectivity index (χ4v) is 2.70. The van der Waals surface area contributed by atoms with Gasteiger partial charge in [0.1, 0.15) is 0 Å². The van der Waals surface area contributed by atoms with E-state index in [-0.39, 0.29) is 24.2 Å². The highest BCUT2D eigenvalue weighted by molar-refractivity contribution is 5.99. The SMILES string of the molecule is COC(=O)CC1Cc2ccccc2N(CCC(C)C)C1=O. The first-order valence-electron chi connectivity index (χ1n) is 7.49. The monoisotopic (exact) mass is 289 g/mol. The van der Waals surface area contributed by atoms with Gasteiger partial charge < -0.3 is 9.64 Å². The Morgan fingerprint density at radius 1 is 1.38 bits per heavy atom. The molecular formula is C17H23NO3. The third kappa shape index (κ3) is 3.63. The van der Waals surface area contributed by atoms with Gasteiger partial charge >= 0.3 is 5.97 Å². The molecule has 1 aromatic rings. The van der Waals surface area contributed by atoms with Crippen molar-refractivity contribution in [1.29, 1.82) is 0 Å². The van der Waals surface area contributed by atoms with Crippen LogP contribution in [0.2, 0.25) is 0 Å². The van der Waals surface area contributed by atoms with Gasteiger partial charge in [-0.05, 0) is 30.4 Å². The Morgan fingerprint density at radius 2 is 2.10 bits per heavy atom. The predicted octanol–water partition coefficient (Wildman–Crippen LogP) is 2.80. The lowest BCUT2D eigenvalue weighted by molar-refractivity contribution is -0.143. The number of esters is 1. The highest BCUT2D eigenvalue weighted by atomic mass is 16.5. The van der Waals surface area contributed by atoms with E-state index in [1.54, 1.807) is 0 Å². The molecule has 114 valence electrons.